The monoisotopic (exact) mass is 337 g/mol. The van der Waals surface area contributed by atoms with Gasteiger partial charge in [-0.3, -0.25) is 0 Å². The lowest BCUT2D eigenvalue weighted by Gasteiger charge is -2.07. The SMILES string of the molecule is O=C(NCc1cc(F)cc(Br)c1)OCc1ccccc1. The number of rotatable bonds is 4. The van der Waals surface area contributed by atoms with Crippen LogP contribution in [0, 0.1) is 5.82 Å². The van der Waals surface area contributed by atoms with Crippen LogP contribution >= 0.6 is 15.9 Å². The number of ether oxygens (including phenoxy) is 1. The Balaban J connectivity index is 1.80. The summed E-state index contributed by atoms with van der Waals surface area (Å²) < 4.78 is 18.8. The molecule has 104 valence electrons. The van der Waals surface area contributed by atoms with E-state index in [-0.39, 0.29) is 19.0 Å². The highest BCUT2D eigenvalue weighted by Gasteiger charge is 2.04. The van der Waals surface area contributed by atoms with Gasteiger partial charge in [-0.2, -0.15) is 0 Å². The van der Waals surface area contributed by atoms with E-state index in [2.05, 4.69) is 21.2 Å². The molecule has 0 aromatic heterocycles. The molecule has 2 rings (SSSR count). The van der Waals surface area contributed by atoms with Crippen molar-refractivity contribution in [2.24, 2.45) is 0 Å². The molecular formula is C15H13BrFNO2. The van der Waals surface area contributed by atoms with Gasteiger partial charge in [-0.05, 0) is 29.3 Å². The number of hydrogen-bond acceptors (Lipinski definition) is 2. The maximum atomic E-state index is 13.1. The van der Waals surface area contributed by atoms with E-state index in [1.54, 1.807) is 6.07 Å². The minimum absolute atomic E-state index is 0.208. The van der Waals surface area contributed by atoms with Gasteiger partial charge in [0.25, 0.3) is 0 Å². The number of halogens is 2. The van der Waals surface area contributed by atoms with Gasteiger partial charge in [-0.25, -0.2) is 9.18 Å². The van der Waals surface area contributed by atoms with E-state index in [9.17, 15) is 9.18 Å². The van der Waals surface area contributed by atoms with E-state index >= 15 is 0 Å². The first-order valence-electron chi connectivity index (χ1n) is 6.03. The van der Waals surface area contributed by atoms with Gasteiger partial charge in [0.05, 0.1) is 0 Å². The molecule has 1 amide bonds. The first-order chi connectivity index (χ1) is 9.63. The molecule has 0 atom stereocenters. The van der Waals surface area contributed by atoms with Crippen molar-refractivity contribution in [3.63, 3.8) is 0 Å². The van der Waals surface area contributed by atoms with Crippen molar-refractivity contribution in [2.75, 3.05) is 0 Å². The second-order valence-corrected chi connectivity index (χ2v) is 5.11. The third kappa shape index (κ3) is 4.66. The second-order valence-electron chi connectivity index (χ2n) is 4.19. The summed E-state index contributed by atoms with van der Waals surface area (Å²) in [5, 5.41) is 2.57. The number of nitrogens with one attached hydrogen (secondary N) is 1. The lowest BCUT2D eigenvalue weighted by Crippen LogP contribution is -2.23. The van der Waals surface area contributed by atoms with E-state index < -0.39 is 6.09 Å². The standard InChI is InChI=1S/C15H13BrFNO2/c16-13-6-12(7-14(17)8-13)9-18-15(19)20-10-11-4-2-1-3-5-11/h1-8H,9-10H2,(H,18,19). The molecule has 0 unspecified atom stereocenters. The average Bonchev–Trinajstić information content (AvgIpc) is 2.43. The van der Waals surface area contributed by atoms with Crippen molar-refractivity contribution < 1.29 is 13.9 Å². The fraction of sp³-hybridized carbons (Fsp3) is 0.133. The third-order valence-corrected chi connectivity index (χ3v) is 3.03. The molecule has 20 heavy (non-hydrogen) atoms. The molecule has 0 saturated carbocycles. The van der Waals surface area contributed by atoms with Crippen molar-refractivity contribution >= 4 is 22.0 Å². The molecule has 0 radical (unpaired) electrons. The number of carbonyl (C=O) groups excluding carboxylic acids is 1. The first-order valence-corrected chi connectivity index (χ1v) is 6.82. The zero-order valence-corrected chi connectivity index (χ0v) is 12.2. The Bertz CT molecular complexity index is 569. The molecule has 0 bridgehead atoms. The van der Waals surface area contributed by atoms with Crippen molar-refractivity contribution in [3.8, 4) is 0 Å². The van der Waals surface area contributed by atoms with Crippen molar-refractivity contribution in [1.82, 2.24) is 5.32 Å². The Hall–Kier alpha value is -1.88. The molecule has 5 heteroatoms. The molecule has 1 N–H and O–H groups in total. The van der Waals surface area contributed by atoms with Crippen LogP contribution < -0.4 is 5.32 Å². The van der Waals surface area contributed by atoms with Gasteiger partial charge >= 0.3 is 6.09 Å². The van der Waals surface area contributed by atoms with Crippen molar-refractivity contribution in [2.45, 2.75) is 13.2 Å². The largest absolute Gasteiger partial charge is 0.445 e. The molecule has 2 aromatic rings. The Kier molecular flexibility index (Phi) is 5.12. The maximum Gasteiger partial charge on any atom is 0.407 e. The molecule has 0 heterocycles. The van der Waals surface area contributed by atoms with E-state index in [1.165, 1.54) is 12.1 Å². The summed E-state index contributed by atoms with van der Waals surface area (Å²) >= 11 is 3.20. The summed E-state index contributed by atoms with van der Waals surface area (Å²) in [6, 6.07) is 13.8. The van der Waals surface area contributed by atoms with Gasteiger partial charge in [-0.15, -0.1) is 0 Å². The molecule has 0 aliphatic carbocycles. The van der Waals surface area contributed by atoms with Crippen LogP contribution in [-0.2, 0) is 17.9 Å². The summed E-state index contributed by atoms with van der Waals surface area (Å²) in [4.78, 5) is 11.5. The van der Waals surface area contributed by atoms with Gasteiger partial charge < -0.3 is 10.1 Å². The highest BCUT2D eigenvalue weighted by Crippen LogP contribution is 2.14. The van der Waals surface area contributed by atoms with Crippen LogP contribution in [-0.4, -0.2) is 6.09 Å². The molecule has 2 aromatic carbocycles. The Labute approximate surface area is 124 Å². The number of hydrogen-bond donors (Lipinski definition) is 1. The zero-order valence-electron chi connectivity index (χ0n) is 10.6. The topological polar surface area (TPSA) is 38.3 Å². The highest BCUT2D eigenvalue weighted by atomic mass is 79.9. The van der Waals surface area contributed by atoms with Gasteiger partial charge in [0, 0.05) is 11.0 Å². The third-order valence-electron chi connectivity index (χ3n) is 2.57. The van der Waals surface area contributed by atoms with Gasteiger partial charge in [-0.1, -0.05) is 46.3 Å². The summed E-state index contributed by atoms with van der Waals surface area (Å²) in [5.41, 5.74) is 1.57. The Morgan fingerprint density at radius 3 is 2.60 bits per heavy atom. The summed E-state index contributed by atoms with van der Waals surface area (Å²) in [6.07, 6.45) is -0.533. The molecule has 0 fully saturated rings. The zero-order chi connectivity index (χ0) is 14.4. The summed E-state index contributed by atoms with van der Waals surface area (Å²) in [7, 11) is 0. The number of carbonyl (C=O) groups is 1. The van der Waals surface area contributed by atoms with Crippen LogP contribution in [0.3, 0.4) is 0 Å². The molecule has 0 saturated heterocycles. The minimum atomic E-state index is -0.533. The quantitative estimate of drug-likeness (QED) is 0.915. The summed E-state index contributed by atoms with van der Waals surface area (Å²) in [6.45, 7) is 0.420. The van der Waals surface area contributed by atoms with Crippen LogP contribution in [0.5, 0.6) is 0 Å². The van der Waals surface area contributed by atoms with E-state index in [0.717, 1.165) is 5.56 Å². The number of alkyl carbamates (subject to hydrolysis) is 1. The van der Waals surface area contributed by atoms with E-state index in [0.29, 0.717) is 10.0 Å². The predicted octanol–water partition coefficient (Wildman–Crippen LogP) is 4.01. The minimum Gasteiger partial charge on any atom is -0.445 e. The summed E-state index contributed by atoms with van der Waals surface area (Å²) in [5.74, 6) is -0.353. The normalized spacial score (nSPS) is 10.1. The van der Waals surface area contributed by atoms with Crippen LogP contribution in [0.25, 0.3) is 0 Å². The van der Waals surface area contributed by atoms with Crippen molar-refractivity contribution in [3.05, 3.63) is 69.9 Å². The van der Waals surface area contributed by atoms with Crippen LogP contribution in [0.15, 0.2) is 53.0 Å². The Morgan fingerprint density at radius 2 is 1.90 bits per heavy atom. The van der Waals surface area contributed by atoms with Gasteiger partial charge in [0.2, 0.25) is 0 Å². The highest BCUT2D eigenvalue weighted by molar-refractivity contribution is 9.10. The predicted molar refractivity (Wildman–Crippen MR) is 77.6 cm³/mol. The van der Waals surface area contributed by atoms with Crippen LogP contribution in [0.2, 0.25) is 0 Å². The van der Waals surface area contributed by atoms with Crippen LogP contribution in [0.4, 0.5) is 9.18 Å². The first kappa shape index (κ1) is 14.5. The fourth-order valence-electron chi connectivity index (χ4n) is 1.66. The maximum absolute atomic E-state index is 13.1. The van der Waals surface area contributed by atoms with Gasteiger partial charge in [0.15, 0.2) is 0 Å². The number of amides is 1. The van der Waals surface area contributed by atoms with Crippen molar-refractivity contribution in [1.29, 1.82) is 0 Å². The fourth-order valence-corrected chi connectivity index (χ4v) is 2.17. The lowest BCUT2D eigenvalue weighted by atomic mass is 10.2. The molecule has 0 spiro atoms. The van der Waals surface area contributed by atoms with E-state index in [4.69, 9.17) is 4.74 Å². The molecule has 0 aliphatic heterocycles. The molecule has 3 nitrogen and oxygen atoms in total. The average molecular weight is 338 g/mol. The molecular weight excluding hydrogens is 325 g/mol. The Morgan fingerprint density at radius 1 is 1.15 bits per heavy atom. The van der Waals surface area contributed by atoms with Gasteiger partial charge in [0.1, 0.15) is 12.4 Å². The number of benzene rings is 2. The van der Waals surface area contributed by atoms with E-state index in [1.807, 2.05) is 30.3 Å². The lowest BCUT2D eigenvalue weighted by molar-refractivity contribution is 0.139. The molecule has 0 aliphatic rings. The second kappa shape index (κ2) is 7.05. The van der Waals surface area contributed by atoms with Crippen LogP contribution in [0.1, 0.15) is 11.1 Å². The smallest absolute Gasteiger partial charge is 0.407 e.